The first kappa shape index (κ1) is 39.6. The summed E-state index contributed by atoms with van der Waals surface area (Å²) in [6, 6.07) is 93.1. The standard InChI is InChI=1S/C63H48N2/c1-45-15-13-21-57(43-45)64(53-17-5-3-6-18-53)55-39-31-49(32-40-55)47-27-35-51(36-28-47)63(61-25-11-9-23-59(61)60-24-10-12-26-62(60)63)52-37-29-48(30-38-52)50-33-41-56(42-34-50)65(54-19-7-4-8-20-54)58-22-14-16-46(2)44-58/h3-44H,1-2H3. The molecular weight excluding hydrogens is 785 g/mol. The summed E-state index contributed by atoms with van der Waals surface area (Å²) in [5.41, 5.74) is 21.2. The van der Waals surface area contributed by atoms with Crippen LogP contribution in [0.1, 0.15) is 33.4 Å². The van der Waals surface area contributed by atoms with Gasteiger partial charge in [-0.3, -0.25) is 0 Å². The lowest BCUT2D eigenvalue weighted by Gasteiger charge is -2.34. The highest BCUT2D eigenvalue weighted by Crippen LogP contribution is 2.56. The normalized spacial score (nSPS) is 12.3. The molecule has 0 amide bonds. The van der Waals surface area contributed by atoms with Crippen molar-refractivity contribution in [3.05, 3.63) is 288 Å². The zero-order chi connectivity index (χ0) is 43.7. The van der Waals surface area contributed by atoms with Gasteiger partial charge in [-0.1, -0.05) is 182 Å². The molecule has 0 unspecified atom stereocenters. The molecule has 0 aliphatic heterocycles. The Bertz CT molecular complexity index is 3020. The summed E-state index contributed by atoms with van der Waals surface area (Å²) in [4.78, 5) is 4.65. The van der Waals surface area contributed by atoms with Gasteiger partial charge < -0.3 is 9.80 Å². The Hall–Kier alpha value is -8.20. The van der Waals surface area contributed by atoms with Crippen LogP contribution < -0.4 is 9.80 Å². The highest BCUT2D eigenvalue weighted by atomic mass is 15.1. The van der Waals surface area contributed by atoms with E-state index in [0.29, 0.717) is 0 Å². The third-order valence-electron chi connectivity index (χ3n) is 13.1. The van der Waals surface area contributed by atoms with Gasteiger partial charge in [0.25, 0.3) is 0 Å². The SMILES string of the molecule is Cc1cccc(N(c2ccccc2)c2ccc(-c3ccc(C4(c5ccc(-c6ccc(N(c7ccccc7)c7cccc(C)c7)cc6)cc5)c5ccccc5-c5ccccc54)cc3)cc2)c1. The van der Waals surface area contributed by atoms with E-state index >= 15 is 0 Å². The van der Waals surface area contributed by atoms with E-state index in [1.165, 1.54) is 66.8 Å². The van der Waals surface area contributed by atoms with Crippen molar-refractivity contribution in [2.24, 2.45) is 0 Å². The summed E-state index contributed by atoms with van der Waals surface area (Å²) >= 11 is 0. The maximum absolute atomic E-state index is 2.35. The van der Waals surface area contributed by atoms with Gasteiger partial charge in [-0.05, 0) is 153 Å². The summed E-state index contributed by atoms with van der Waals surface area (Å²) in [5, 5.41) is 0. The van der Waals surface area contributed by atoms with Gasteiger partial charge >= 0.3 is 0 Å². The van der Waals surface area contributed by atoms with Crippen molar-refractivity contribution in [2.45, 2.75) is 19.3 Å². The lowest BCUT2D eigenvalue weighted by molar-refractivity contribution is 0.769. The monoisotopic (exact) mass is 832 g/mol. The Kier molecular flexibility index (Phi) is 10.3. The minimum Gasteiger partial charge on any atom is -0.310 e. The van der Waals surface area contributed by atoms with Crippen LogP contribution in [0.15, 0.2) is 255 Å². The molecule has 0 atom stereocenters. The molecule has 310 valence electrons. The fraction of sp³-hybridized carbons (Fsp3) is 0.0476. The minimum absolute atomic E-state index is 0.494. The molecule has 2 nitrogen and oxygen atoms in total. The van der Waals surface area contributed by atoms with Crippen LogP contribution in [0.25, 0.3) is 33.4 Å². The maximum atomic E-state index is 2.35. The molecule has 0 N–H and O–H groups in total. The van der Waals surface area contributed by atoms with Crippen molar-refractivity contribution in [3.8, 4) is 33.4 Å². The lowest BCUT2D eigenvalue weighted by Crippen LogP contribution is -2.28. The highest BCUT2D eigenvalue weighted by molar-refractivity contribution is 5.87. The Morgan fingerprint density at radius 3 is 0.938 bits per heavy atom. The number of aryl methyl sites for hydroxylation is 2. The second-order valence-corrected chi connectivity index (χ2v) is 17.1. The Morgan fingerprint density at radius 1 is 0.262 bits per heavy atom. The van der Waals surface area contributed by atoms with Crippen LogP contribution in [0, 0.1) is 13.8 Å². The Morgan fingerprint density at radius 2 is 0.569 bits per heavy atom. The molecule has 0 aromatic heterocycles. The Labute approximate surface area is 383 Å². The lowest BCUT2D eigenvalue weighted by atomic mass is 9.67. The smallest absolute Gasteiger partial charge is 0.0713 e. The van der Waals surface area contributed by atoms with E-state index in [2.05, 4.69) is 278 Å². The first-order valence-electron chi connectivity index (χ1n) is 22.5. The number of hydrogen-bond acceptors (Lipinski definition) is 2. The third kappa shape index (κ3) is 7.20. The predicted octanol–water partition coefficient (Wildman–Crippen LogP) is 16.9. The molecule has 0 saturated carbocycles. The molecule has 10 aromatic rings. The molecule has 0 spiro atoms. The molecule has 10 aromatic carbocycles. The average Bonchev–Trinajstić information content (AvgIpc) is 3.66. The largest absolute Gasteiger partial charge is 0.310 e. The quantitative estimate of drug-likeness (QED) is 0.135. The van der Waals surface area contributed by atoms with Crippen LogP contribution in [-0.2, 0) is 5.41 Å². The molecule has 0 bridgehead atoms. The van der Waals surface area contributed by atoms with Crippen molar-refractivity contribution in [2.75, 3.05) is 9.80 Å². The summed E-state index contributed by atoms with van der Waals surface area (Å²) in [5.74, 6) is 0. The van der Waals surface area contributed by atoms with Crippen LogP contribution in [-0.4, -0.2) is 0 Å². The van der Waals surface area contributed by atoms with Gasteiger partial charge in [0.15, 0.2) is 0 Å². The molecule has 0 radical (unpaired) electrons. The van der Waals surface area contributed by atoms with Crippen LogP contribution in [0.3, 0.4) is 0 Å². The van der Waals surface area contributed by atoms with Crippen molar-refractivity contribution in [3.63, 3.8) is 0 Å². The number of fused-ring (bicyclic) bond motifs is 3. The van der Waals surface area contributed by atoms with Gasteiger partial charge in [0.05, 0.1) is 5.41 Å². The summed E-state index contributed by atoms with van der Waals surface area (Å²) in [7, 11) is 0. The average molecular weight is 833 g/mol. The van der Waals surface area contributed by atoms with Gasteiger partial charge in [0, 0.05) is 34.1 Å². The van der Waals surface area contributed by atoms with E-state index < -0.39 is 5.41 Å². The molecule has 0 saturated heterocycles. The fourth-order valence-electron chi connectivity index (χ4n) is 10.0. The highest BCUT2D eigenvalue weighted by Gasteiger charge is 2.45. The summed E-state index contributed by atoms with van der Waals surface area (Å²) in [6.45, 7) is 4.29. The van der Waals surface area contributed by atoms with Gasteiger partial charge in [-0.15, -0.1) is 0 Å². The zero-order valence-electron chi connectivity index (χ0n) is 36.6. The first-order valence-corrected chi connectivity index (χ1v) is 22.5. The second-order valence-electron chi connectivity index (χ2n) is 17.1. The maximum Gasteiger partial charge on any atom is 0.0713 e. The van der Waals surface area contributed by atoms with Crippen LogP contribution in [0.5, 0.6) is 0 Å². The molecule has 1 aliphatic carbocycles. The minimum atomic E-state index is -0.494. The van der Waals surface area contributed by atoms with Gasteiger partial charge in [0.1, 0.15) is 0 Å². The topological polar surface area (TPSA) is 6.48 Å². The van der Waals surface area contributed by atoms with Crippen LogP contribution in [0.2, 0.25) is 0 Å². The number of para-hydroxylation sites is 2. The number of hydrogen-bond donors (Lipinski definition) is 0. The van der Waals surface area contributed by atoms with Crippen molar-refractivity contribution >= 4 is 34.1 Å². The summed E-state index contributed by atoms with van der Waals surface area (Å²) in [6.07, 6.45) is 0. The first-order chi connectivity index (χ1) is 32.0. The fourth-order valence-corrected chi connectivity index (χ4v) is 10.0. The van der Waals surface area contributed by atoms with Crippen molar-refractivity contribution in [1.29, 1.82) is 0 Å². The van der Waals surface area contributed by atoms with Gasteiger partial charge in [0.2, 0.25) is 0 Å². The van der Waals surface area contributed by atoms with Crippen molar-refractivity contribution < 1.29 is 0 Å². The molecule has 11 rings (SSSR count). The number of benzene rings is 10. The number of rotatable bonds is 10. The molecular formula is C63H48N2. The predicted molar refractivity (Wildman–Crippen MR) is 273 cm³/mol. The van der Waals surface area contributed by atoms with E-state index in [-0.39, 0.29) is 0 Å². The van der Waals surface area contributed by atoms with E-state index in [9.17, 15) is 0 Å². The van der Waals surface area contributed by atoms with Crippen molar-refractivity contribution in [1.82, 2.24) is 0 Å². The number of anilines is 6. The number of nitrogens with zero attached hydrogens (tertiary/aromatic N) is 2. The summed E-state index contributed by atoms with van der Waals surface area (Å²) < 4.78 is 0. The van der Waals surface area contributed by atoms with Gasteiger partial charge in [-0.25, -0.2) is 0 Å². The third-order valence-corrected chi connectivity index (χ3v) is 13.1. The van der Waals surface area contributed by atoms with Gasteiger partial charge in [-0.2, -0.15) is 0 Å². The van der Waals surface area contributed by atoms with Crippen LogP contribution in [0.4, 0.5) is 34.1 Å². The Balaban J connectivity index is 0.947. The molecule has 1 aliphatic rings. The van der Waals surface area contributed by atoms with Crippen LogP contribution >= 0.6 is 0 Å². The zero-order valence-corrected chi connectivity index (χ0v) is 36.6. The molecule has 0 heterocycles. The molecule has 0 fully saturated rings. The van der Waals surface area contributed by atoms with E-state index in [4.69, 9.17) is 0 Å². The second kappa shape index (κ2) is 16.8. The molecule has 65 heavy (non-hydrogen) atoms. The van der Waals surface area contributed by atoms with E-state index in [1.807, 2.05) is 0 Å². The van der Waals surface area contributed by atoms with E-state index in [1.54, 1.807) is 0 Å². The molecule has 2 heteroatoms. The van der Waals surface area contributed by atoms with E-state index in [0.717, 1.165) is 34.1 Å².